The smallest absolute Gasteiger partial charge is 0.410 e. The molecule has 2 amide bonds. The van der Waals surface area contributed by atoms with Crippen molar-refractivity contribution in [2.45, 2.75) is 58.7 Å². The number of aryl methyl sites for hydroxylation is 1. The van der Waals surface area contributed by atoms with Crippen molar-refractivity contribution >= 4 is 12.0 Å². The summed E-state index contributed by atoms with van der Waals surface area (Å²) in [5.41, 5.74) is 0.379. The average Bonchev–Trinajstić information content (AvgIpc) is 3.02. The summed E-state index contributed by atoms with van der Waals surface area (Å²) in [5.74, 6) is 0.639. The van der Waals surface area contributed by atoms with Gasteiger partial charge >= 0.3 is 6.09 Å². The molecule has 2 rings (SSSR count). The maximum atomic E-state index is 12.3. The quantitative estimate of drug-likeness (QED) is 0.931. The lowest BCUT2D eigenvalue weighted by atomic mass is 10.2. The molecule has 22 heavy (non-hydrogen) atoms. The molecule has 1 aliphatic heterocycles. The zero-order valence-corrected chi connectivity index (χ0v) is 13.6. The largest absolute Gasteiger partial charge is 0.469 e. The van der Waals surface area contributed by atoms with Crippen LogP contribution in [0, 0.1) is 6.92 Å². The Morgan fingerprint density at radius 2 is 2.18 bits per heavy atom. The lowest BCUT2D eigenvalue weighted by Gasteiger charge is -2.28. The van der Waals surface area contributed by atoms with E-state index in [0.717, 1.165) is 17.7 Å². The minimum Gasteiger partial charge on any atom is -0.469 e. The summed E-state index contributed by atoms with van der Waals surface area (Å²) in [6, 6.07) is 1.37. The molecule has 2 heterocycles. The number of furan rings is 1. The molecule has 0 bridgehead atoms. The molecule has 0 aliphatic carbocycles. The molecule has 122 valence electrons. The van der Waals surface area contributed by atoms with Gasteiger partial charge in [-0.1, -0.05) is 0 Å². The van der Waals surface area contributed by atoms with Crippen molar-refractivity contribution in [3.8, 4) is 0 Å². The standard InChI is InChI=1S/C16H24N2O4/c1-11-12(7-9-21-11)10-17-14(19)13-6-5-8-18(13)15(20)22-16(2,3)4/h7,9,13H,5-6,8,10H2,1-4H3,(H,17,19). The van der Waals surface area contributed by atoms with Crippen LogP contribution in [-0.4, -0.2) is 35.1 Å². The van der Waals surface area contributed by atoms with Crippen molar-refractivity contribution in [2.24, 2.45) is 0 Å². The van der Waals surface area contributed by atoms with Gasteiger partial charge in [-0.05, 0) is 46.6 Å². The SMILES string of the molecule is Cc1occc1CNC(=O)C1CCCN1C(=O)OC(C)(C)C. The minimum atomic E-state index is -0.561. The van der Waals surface area contributed by atoms with Crippen LogP contribution in [0.15, 0.2) is 16.7 Å². The van der Waals surface area contributed by atoms with Crippen molar-refractivity contribution in [1.29, 1.82) is 0 Å². The first-order valence-corrected chi connectivity index (χ1v) is 7.58. The molecule has 0 radical (unpaired) electrons. The highest BCUT2D eigenvalue weighted by molar-refractivity contribution is 5.86. The van der Waals surface area contributed by atoms with Crippen LogP contribution in [0.25, 0.3) is 0 Å². The Balaban J connectivity index is 1.93. The molecule has 6 nitrogen and oxygen atoms in total. The van der Waals surface area contributed by atoms with E-state index in [2.05, 4.69) is 5.32 Å². The number of nitrogens with zero attached hydrogens (tertiary/aromatic N) is 1. The summed E-state index contributed by atoms with van der Waals surface area (Å²) in [5, 5.41) is 2.87. The highest BCUT2D eigenvalue weighted by Gasteiger charge is 2.36. The monoisotopic (exact) mass is 308 g/mol. The van der Waals surface area contributed by atoms with Gasteiger partial charge in [-0.15, -0.1) is 0 Å². The van der Waals surface area contributed by atoms with Crippen molar-refractivity contribution in [1.82, 2.24) is 10.2 Å². The first-order valence-electron chi connectivity index (χ1n) is 7.58. The van der Waals surface area contributed by atoms with Crippen LogP contribution in [0.1, 0.15) is 44.9 Å². The fraction of sp³-hybridized carbons (Fsp3) is 0.625. The van der Waals surface area contributed by atoms with Gasteiger partial charge in [-0.2, -0.15) is 0 Å². The van der Waals surface area contributed by atoms with Gasteiger partial charge in [0.05, 0.1) is 6.26 Å². The van der Waals surface area contributed by atoms with Gasteiger partial charge in [0.15, 0.2) is 0 Å². The van der Waals surface area contributed by atoms with Crippen LogP contribution in [-0.2, 0) is 16.1 Å². The summed E-state index contributed by atoms with van der Waals surface area (Å²) < 4.78 is 10.6. The molecule has 1 N–H and O–H groups in total. The Bertz CT molecular complexity index is 545. The molecule has 1 saturated heterocycles. The highest BCUT2D eigenvalue weighted by Crippen LogP contribution is 2.21. The molecule has 1 atom stereocenters. The zero-order valence-electron chi connectivity index (χ0n) is 13.6. The number of likely N-dealkylation sites (tertiary alicyclic amines) is 1. The van der Waals surface area contributed by atoms with E-state index in [1.807, 2.05) is 33.8 Å². The number of hydrogen-bond acceptors (Lipinski definition) is 4. The molecule has 1 aromatic rings. The molecular weight excluding hydrogens is 284 g/mol. The van der Waals surface area contributed by atoms with E-state index in [1.165, 1.54) is 4.90 Å². The van der Waals surface area contributed by atoms with Gasteiger partial charge in [0.2, 0.25) is 5.91 Å². The summed E-state index contributed by atoms with van der Waals surface area (Å²) in [7, 11) is 0. The molecule has 0 aromatic carbocycles. The molecule has 0 spiro atoms. The van der Waals surface area contributed by atoms with Gasteiger partial charge in [-0.3, -0.25) is 9.69 Å². The number of nitrogens with one attached hydrogen (secondary N) is 1. The fourth-order valence-corrected chi connectivity index (χ4v) is 2.47. The van der Waals surface area contributed by atoms with Gasteiger partial charge < -0.3 is 14.5 Å². The lowest BCUT2D eigenvalue weighted by molar-refractivity contribution is -0.125. The van der Waals surface area contributed by atoms with Crippen LogP contribution in [0.3, 0.4) is 0 Å². The maximum Gasteiger partial charge on any atom is 0.410 e. The predicted molar refractivity (Wildman–Crippen MR) is 81.3 cm³/mol. The average molecular weight is 308 g/mol. The second-order valence-electron chi connectivity index (χ2n) is 6.55. The van der Waals surface area contributed by atoms with E-state index in [-0.39, 0.29) is 5.91 Å². The second-order valence-corrected chi connectivity index (χ2v) is 6.55. The van der Waals surface area contributed by atoms with Gasteiger partial charge in [0.25, 0.3) is 0 Å². The van der Waals surface area contributed by atoms with E-state index in [0.29, 0.717) is 19.5 Å². The number of carbonyl (C=O) groups excluding carboxylic acids is 2. The number of ether oxygens (including phenoxy) is 1. The number of rotatable bonds is 3. The second kappa shape index (κ2) is 6.42. The molecule has 1 unspecified atom stereocenters. The van der Waals surface area contributed by atoms with E-state index in [4.69, 9.17) is 9.15 Å². The fourth-order valence-electron chi connectivity index (χ4n) is 2.47. The number of carbonyl (C=O) groups is 2. The van der Waals surface area contributed by atoms with Gasteiger partial charge in [-0.25, -0.2) is 4.79 Å². The molecule has 0 saturated carbocycles. The van der Waals surface area contributed by atoms with Crippen LogP contribution in [0.5, 0.6) is 0 Å². The van der Waals surface area contributed by atoms with E-state index in [1.54, 1.807) is 6.26 Å². The first kappa shape index (κ1) is 16.4. The van der Waals surface area contributed by atoms with Crippen molar-refractivity contribution in [2.75, 3.05) is 6.54 Å². The summed E-state index contributed by atoms with van der Waals surface area (Å²) >= 11 is 0. The summed E-state index contributed by atoms with van der Waals surface area (Å²) in [4.78, 5) is 26.0. The normalized spacial score (nSPS) is 18.4. The predicted octanol–water partition coefficient (Wildman–Crippen LogP) is 2.60. The van der Waals surface area contributed by atoms with Crippen LogP contribution >= 0.6 is 0 Å². The third-order valence-electron chi connectivity index (χ3n) is 3.60. The van der Waals surface area contributed by atoms with E-state index in [9.17, 15) is 9.59 Å². The number of amides is 2. The minimum absolute atomic E-state index is 0.149. The van der Waals surface area contributed by atoms with Crippen molar-refractivity contribution in [3.05, 3.63) is 23.7 Å². The van der Waals surface area contributed by atoms with E-state index < -0.39 is 17.7 Å². The van der Waals surface area contributed by atoms with Gasteiger partial charge in [0, 0.05) is 18.7 Å². The Morgan fingerprint density at radius 1 is 1.45 bits per heavy atom. The number of hydrogen-bond donors (Lipinski definition) is 1. The Kier molecular flexibility index (Phi) is 4.78. The Hall–Kier alpha value is -1.98. The van der Waals surface area contributed by atoms with Crippen LogP contribution in [0.2, 0.25) is 0 Å². The Labute approximate surface area is 130 Å². The Morgan fingerprint density at radius 3 is 2.77 bits per heavy atom. The summed E-state index contributed by atoms with van der Waals surface area (Å²) in [6.07, 6.45) is 2.64. The molecule has 6 heteroatoms. The van der Waals surface area contributed by atoms with Crippen LogP contribution < -0.4 is 5.32 Å². The molecular formula is C16H24N2O4. The molecule has 1 fully saturated rings. The molecule has 1 aliphatic rings. The molecule has 1 aromatic heterocycles. The summed E-state index contributed by atoms with van der Waals surface area (Å²) in [6.45, 7) is 8.26. The third-order valence-corrected chi connectivity index (χ3v) is 3.60. The lowest BCUT2D eigenvalue weighted by Crippen LogP contribution is -2.47. The van der Waals surface area contributed by atoms with Crippen molar-refractivity contribution < 1.29 is 18.7 Å². The van der Waals surface area contributed by atoms with Crippen LogP contribution in [0.4, 0.5) is 4.79 Å². The highest BCUT2D eigenvalue weighted by atomic mass is 16.6. The zero-order chi connectivity index (χ0) is 16.3. The van der Waals surface area contributed by atoms with Gasteiger partial charge in [0.1, 0.15) is 17.4 Å². The third kappa shape index (κ3) is 4.02. The maximum absolute atomic E-state index is 12.3. The van der Waals surface area contributed by atoms with Crippen molar-refractivity contribution in [3.63, 3.8) is 0 Å². The van der Waals surface area contributed by atoms with E-state index >= 15 is 0 Å². The first-order chi connectivity index (χ1) is 10.3. The topological polar surface area (TPSA) is 71.8 Å².